The fraction of sp³-hybridized carbons (Fsp3) is 0.625. The van der Waals surface area contributed by atoms with Crippen LogP contribution in [0.4, 0.5) is 0 Å². The molecular weight excluding hydrogens is 220 g/mol. The highest BCUT2D eigenvalue weighted by Gasteiger charge is 2.19. The molecule has 0 fully saturated rings. The Bertz CT molecular complexity index is 373. The second kappa shape index (κ2) is 6.35. The molecule has 1 aliphatic rings. The largest absolute Gasteiger partial charge is 0.315 e. The van der Waals surface area contributed by atoms with Crippen LogP contribution in [0.5, 0.6) is 0 Å². The molecule has 2 atom stereocenters. The molecule has 2 heteroatoms. The molecule has 0 saturated carbocycles. The van der Waals surface area contributed by atoms with Gasteiger partial charge in [-0.15, -0.1) is 0 Å². The maximum Gasteiger partial charge on any atom is 0.0186 e. The van der Waals surface area contributed by atoms with Gasteiger partial charge in [0.1, 0.15) is 0 Å². The Morgan fingerprint density at radius 1 is 1.33 bits per heavy atom. The molecule has 0 radical (unpaired) electrons. The first-order chi connectivity index (χ1) is 8.68. The molecule has 0 bridgehead atoms. The van der Waals surface area contributed by atoms with Crippen LogP contribution < -0.4 is 5.32 Å². The standard InChI is InChI=1S/C16H26N2/c1-13(18(2)3)11-17-12-15-9-6-8-14-7-4-5-10-16(14)15/h4-5,7,10,13,15,17H,6,8-9,11-12H2,1-3H3. The van der Waals surface area contributed by atoms with Gasteiger partial charge in [-0.3, -0.25) is 0 Å². The first-order valence-corrected chi connectivity index (χ1v) is 7.13. The third-order valence-corrected chi connectivity index (χ3v) is 4.21. The van der Waals surface area contributed by atoms with E-state index >= 15 is 0 Å². The van der Waals surface area contributed by atoms with Gasteiger partial charge in [0.05, 0.1) is 0 Å². The number of aryl methyl sites for hydroxylation is 1. The van der Waals surface area contributed by atoms with Crippen molar-refractivity contribution in [3.05, 3.63) is 35.4 Å². The van der Waals surface area contributed by atoms with Gasteiger partial charge in [0.15, 0.2) is 0 Å². The predicted molar refractivity (Wildman–Crippen MR) is 78.1 cm³/mol. The van der Waals surface area contributed by atoms with Gasteiger partial charge < -0.3 is 10.2 Å². The zero-order valence-electron chi connectivity index (χ0n) is 11.9. The maximum absolute atomic E-state index is 3.64. The van der Waals surface area contributed by atoms with Gasteiger partial charge in [-0.05, 0) is 57.3 Å². The lowest BCUT2D eigenvalue weighted by Crippen LogP contribution is -2.37. The highest BCUT2D eigenvalue weighted by molar-refractivity contribution is 5.32. The third kappa shape index (κ3) is 3.33. The van der Waals surface area contributed by atoms with Crippen molar-refractivity contribution in [2.75, 3.05) is 27.2 Å². The number of hydrogen-bond acceptors (Lipinski definition) is 2. The molecule has 1 aromatic carbocycles. The third-order valence-electron chi connectivity index (χ3n) is 4.21. The molecular formula is C16H26N2. The van der Waals surface area contributed by atoms with Gasteiger partial charge in [0, 0.05) is 19.1 Å². The van der Waals surface area contributed by atoms with Crippen molar-refractivity contribution in [3.63, 3.8) is 0 Å². The zero-order chi connectivity index (χ0) is 13.0. The molecule has 0 saturated heterocycles. The SMILES string of the molecule is CC(CNCC1CCCc2ccccc21)N(C)C. The fourth-order valence-corrected chi connectivity index (χ4v) is 2.72. The van der Waals surface area contributed by atoms with Gasteiger partial charge >= 0.3 is 0 Å². The van der Waals surface area contributed by atoms with E-state index in [0.717, 1.165) is 13.1 Å². The molecule has 18 heavy (non-hydrogen) atoms. The lowest BCUT2D eigenvalue weighted by molar-refractivity contribution is 0.300. The molecule has 2 unspecified atom stereocenters. The zero-order valence-corrected chi connectivity index (χ0v) is 11.9. The lowest BCUT2D eigenvalue weighted by Gasteiger charge is -2.27. The molecule has 100 valence electrons. The van der Waals surface area contributed by atoms with Gasteiger partial charge in [-0.2, -0.15) is 0 Å². The molecule has 2 rings (SSSR count). The van der Waals surface area contributed by atoms with Crippen LogP contribution in [0, 0.1) is 0 Å². The Kier molecular flexibility index (Phi) is 4.79. The number of nitrogens with zero attached hydrogens (tertiary/aromatic N) is 1. The summed E-state index contributed by atoms with van der Waals surface area (Å²) in [4.78, 5) is 2.27. The number of hydrogen-bond donors (Lipinski definition) is 1. The quantitative estimate of drug-likeness (QED) is 0.859. The van der Waals surface area contributed by atoms with Gasteiger partial charge in [-0.25, -0.2) is 0 Å². The molecule has 0 spiro atoms. The summed E-state index contributed by atoms with van der Waals surface area (Å²) in [5.74, 6) is 0.712. The summed E-state index contributed by atoms with van der Waals surface area (Å²) < 4.78 is 0. The highest BCUT2D eigenvalue weighted by Crippen LogP contribution is 2.30. The molecule has 1 N–H and O–H groups in total. The van der Waals surface area contributed by atoms with E-state index in [1.807, 2.05) is 0 Å². The van der Waals surface area contributed by atoms with Crippen LogP contribution in [0.25, 0.3) is 0 Å². The summed E-state index contributed by atoms with van der Waals surface area (Å²) in [6.45, 7) is 4.46. The normalized spacial score (nSPS) is 20.8. The number of fused-ring (bicyclic) bond motifs is 1. The van der Waals surface area contributed by atoms with Crippen LogP contribution in [0.3, 0.4) is 0 Å². The van der Waals surface area contributed by atoms with E-state index in [2.05, 4.69) is 55.5 Å². The van der Waals surface area contributed by atoms with Crippen LogP contribution in [-0.4, -0.2) is 38.1 Å². The van der Waals surface area contributed by atoms with Crippen molar-refractivity contribution in [1.82, 2.24) is 10.2 Å². The predicted octanol–water partition coefficient (Wildman–Crippen LogP) is 2.65. The average molecular weight is 246 g/mol. The maximum atomic E-state index is 3.64. The Balaban J connectivity index is 1.88. The van der Waals surface area contributed by atoms with E-state index in [1.165, 1.54) is 19.3 Å². The summed E-state index contributed by atoms with van der Waals surface area (Å²) in [5, 5.41) is 3.64. The van der Waals surface area contributed by atoms with Crippen molar-refractivity contribution in [3.8, 4) is 0 Å². The molecule has 0 heterocycles. The van der Waals surface area contributed by atoms with Gasteiger partial charge in [-0.1, -0.05) is 24.3 Å². The molecule has 0 aliphatic heterocycles. The van der Waals surface area contributed by atoms with E-state index < -0.39 is 0 Å². The average Bonchev–Trinajstić information content (AvgIpc) is 2.38. The Morgan fingerprint density at radius 3 is 2.89 bits per heavy atom. The van der Waals surface area contributed by atoms with E-state index in [0.29, 0.717) is 12.0 Å². The fourth-order valence-electron chi connectivity index (χ4n) is 2.72. The highest BCUT2D eigenvalue weighted by atomic mass is 15.1. The van der Waals surface area contributed by atoms with Crippen molar-refractivity contribution in [2.24, 2.45) is 0 Å². The second-order valence-electron chi connectivity index (χ2n) is 5.76. The number of likely N-dealkylation sites (N-methyl/N-ethyl adjacent to an activating group) is 1. The number of rotatable bonds is 5. The smallest absolute Gasteiger partial charge is 0.0186 e. The minimum atomic E-state index is 0.601. The number of nitrogens with one attached hydrogen (secondary N) is 1. The minimum Gasteiger partial charge on any atom is -0.315 e. The van der Waals surface area contributed by atoms with Crippen LogP contribution in [0.1, 0.15) is 36.8 Å². The van der Waals surface area contributed by atoms with E-state index in [-0.39, 0.29) is 0 Å². The molecule has 0 amide bonds. The lowest BCUT2D eigenvalue weighted by atomic mass is 9.83. The monoisotopic (exact) mass is 246 g/mol. The Morgan fingerprint density at radius 2 is 2.11 bits per heavy atom. The van der Waals surface area contributed by atoms with Crippen molar-refractivity contribution < 1.29 is 0 Å². The van der Waals surface area contributed by atoms with Crippen molar-refractivity contribution in [2.45, 2.75) is 38.1 Å². The van der Waals surface area contributed by atoms with Gasteiger partial charge in [0.25, 0.3) is 0 Å². The van der Waals surface area contributed by atoms with Crippen LogP contribution in [0.2, 0.25) is 0 Å². The van der Waals surface area contributed by atoms with E-state index in [1.54, 1.807) is 11.1 Å². The minimum absolute atomic E-state index is 0.601. The molecule has 0 aromatic heterocycles. The van der Waals surface area contributed by atoms with E-state index in [4.69, 9.17) is 0 Å². The van der Waals surface area contributed by atoms with Crippen LogP contribution in [0.15, 0.2) is 24.3 Å². The Hall–Kier alpha value is -0.860. The van der Waals surface area contributed by atoms with Crippen LogP contribution in [-0.2, 0) is 6.42 Å². The van der Waals surface area contributed by atoms with Crippen LogP contribution >= 0.6 is 0 Å². The summed E-state index contributed by atoms with van der Waals surface area (Å²) in [7, 11) is 4.28. The first-order valence-electron chi connectivity index (χ1n) is 7.13. The van der Waals surface area contributed by atoms with Crippen molar-refractivity contribution in [1.29, 1.82) is 0 Å². The molecule has 2 nitrogen and oxygen atoms in total. The second-order valence-corrected chi connectivity index (χ2v) is 5.76. The Labute approximate surface area is 111 Å². The molecule has 1 aliphatic carbocycles. The first kappa shape index (κ1) is 13.6. The summed E-state index contributed by atoms with van der Waals surface area (Å²) in [6.07, 6.45) is 3.94. The van der Waals surface area contributed by atoms with Gasteiger partial charge in [0.2, 0.25) is 0 Å². The summed E-state index contributed by atoms with van der Waals surface area (Å²) in [6, 6.07) is 9.56. The summed E-state index contributed by atoms with van der Waals surface area (Å²) in [5.41, 5.74) is 3.14. The van der Waals surface area contributed by atoms with Crippen molar-refractivity contribution >= 4 is 0 Å². The topological polar surface area (TPSA) is 15.3 Å². The van der Waals surface area contributed by atoms with E-state index in [9.17, 15) is 0 Å². The number of benzene rings is 1. The molecule has 1 aromatic rings. The summed E-state index contributed by atoms with van der Waals surface area (Å²) >= 11 is 0.